The van der Waals surface area contributed by atoms with Gasteiger partial charge in [0.15, 0.2) is 11.9 Å². The fourth-order valence-electron chi connectivity index (χ4n) is 2.05. The van der Waals surface area contributed by atoms with Crippen molar-refractivity contribution in [3.8, 4) is 0 Å². The average Bonchev–Trinajstić information content (AvgIpc) is 2.72. The molecule has 0 saturated carbocycles. The third kappa shape index (κ3) is 2.18. The zero-order valence-electron chi connectivity index (χ0n) is 10.2. The van der Waals surface area contributed by atoms with Crippen LogP contribution in [0, 0.1) is 6.92 Å². The van der Waals surface area contributed by atoms with Crippen LogP contribution < -0.4 is 0 Å². The number of rotatable bonds is 2. The standard InChI is InChI=1S/C13H16O4/c1-9-6-4-5-7-10(9)13(2)16-8-11(17-13)12(14)15-3/h4-7,11H,8H2,1-3H3/t11-,13-/m0/s1. The van der Waals surface area contributed by atoms with Crippen molar-refractivity contribution in [3.63, 3.8) is 0 Å². The van der Waals surface area contributed by atoms with Crippen molar-refractivity contribution in [2.45, 2.75) is 25.7 Å². The molecule has 4 heteroatoms. The summed E-state index contributed by atoms with van der Waals surface area (Å²) in [5.74, 6) is -1.27. The molecule has 0 aliphatic carbocycles. The highest BCUT2D eigenvalue weighted by Gasteiger charge is 2.43. The van der Waals surface area contributed by atoms with E-state index in [2.05, 4.69) is 4.74 Å². The van der Waals surface area contributed by atoms with Crippen LogP contribution in [0.2, 0.25) is 0 Å². The van der Waals surface area contributed by atoms with Gasteiger partial charge in [-0.1, -0.05) is 24.3 Å². The van der Waals surface area contributed by atoms with E-state index in [-0.39, 0.29) is 6.61 Å². The molecule has 1 heterocycles. The molecule has 2 rings (SSSR count). The van der Waals surface area contributed by atoms with Gasteiger partial charge in [0, 0.05) is 5.56 Å². The van der Waals surface area contributed by atoms with Crippen molar-refractivity contribution in [2.75, 3.05) is 13.7 Å². The Morgan fingerprint density at radius 1 is 1.47 bits per heavy atom. The summed E-state index contributed by atoms with van der Waals surface area (Å²) in [6.07, 6.45) is -0.649. The second-order valence-electron chi connectivity index (χ2n) is 4.20. The van der Waals surface area contributed by atoms with Gasteiger partial charge < -0.3 is 14.2 Å². The molecule has 1 fully saturated rings. The Hall–Kier alpha value is -1.39. The predicted octanol–water partition coefficient (Wildman–Crippen LogP) is 1.76. The lowest BCUT2D eigenvalue weighted by atomic mass is 10.0. The van der Waals surface area contributed by atoms with Gasteiger partial charge in [0.1, 0.15) is 0 Å². The number of carbonyl (C=O) groups is 1. The summed E-state index contributed by atoms with van der Waals surface area (Å²) in [7, 11) is 1.34. The molecule has 0 bridgehead atoms. The van der Waals surface area contributed by atoms with E-state index in [9.17, 15) is 4.79 Å². The first kappa shape index (κ1) is 12.1. The molecule has 0 radical (unpaired) electrons. The van der Waals surface area contributed by atoms with Crippen molar-refractivity contribution in [2.24, 2.45) is 0 Å². The van der Waals surface area contributed by atoms with Crippen LogP contribution in [0.4, 0.5) is 0 Å². The van der Waals surface area contributed by atoms with E-state index in [0.29, 0.717) is 0 Å². The Labute approximate surface area is 100 Å². The highest BCUT2D eigenvalue weighted by molar-refractivity contribution is 5.75. The Morgan fingerprint density at radius 2 is 2.18 bits per heavy atom. The second kappa shape index (κ2) is 4.47. The average molecular weight is 236 g/mol. The molecular weight excluding hydrogens is 220 g/mol. The Bertz CT molecular complexity index is 429. The number of aryl methyl sites for hydroxylation is 1. The lowest BCUT2D eigenvalue weighted by molar-refractivity contribution is -0.178. The molecule has 1 aliphatic rings. The summed E-state index contributed by atoms with van der Waals surface area (Å²) in [5, 5.41) is 0. The van der Waals surface area contributed by atoms with Crippen LogP contribution in [0.25, 0.3) is 0 Å². The van der Waals surface area contributed by atoms with E-state index >= 15 is 0 Å². The maximum absolute atomic E-state index is 11.4. The number of benzene rings is 1. The first-order valence-corrected chi connectivity index (χ1v) is 5.52. The van der Waals surface area contributed by atoms with Gasteiger partial charge in [-0.3, -0.25) is 0 Å². The molecule has 0 N–H and O–H groups in total. The van der Waals surface area contributed by atoms with Crippen LogP contribution in [0.15, 0.2) is 24.3 Å². The van der Waals surface area contributed by atoms with E-state index in [0.717, 1.165) is 11.1 Å². The summed E-state index contributed by atoms with van der Waals surface area (Å²) in [4.78, 5) is 11.4. The van der Waals surface area contributed by atoms with Crippen molar-refractivity contribution < 1.29 is 19.0 Å². The smallest absolute Gasteiger partial charge is 0.337 e. The van der Waals surface area contributed by atoms with Crippen LogP contribution in [-0.4, -0.2) is 25.8 Å². The summed E-state index contributed by atoms with van der Waals surface area (Å²) in [6, 6.07) is 7.80. The van der Waals surface area contributed by atoms with Crippen molar-refractivity contribution >= 4 is 5.97 Å². The first-order chi connectivity index (χ1) is 8.07. The Kier molecular flexibility index (Phi) is 3.17. The minimum atomic E-state index is -0.871. The lowest BCUT2D eigenvalue weighted by Crippen LogP contribution is -2.29. The number of carbonyl (C=O) groups excluding carboxylic acids is 1. The Balaban J connectivity index is 2.23. The van der Waals surface area contributed by atoms with Gasteiger partial charge in [-0.25, -0.2) is 4.79 Å². The van der Waals surface area contributed by atoms with Crippen LogP contribution >= 0.6 is 0 Å². The van der Waals surface area contributed by atoms with E-state index in [1.807, 2.05) is 38.1 Å². The molecule has 1 aliphatic heterocycles. The SMILES string of the molecule is COC(=O)[C@@H]1CO[C@](C)(c2ccccc2C)O1. The van der Waals surface area contributed by atoms with E-state index < -0.39 is 17.9 Å². The zero-order valence-corrected chi connectivity index (χ0v) is 10.2. The second-order valence-corrected chi connectivity index (χ2v) is 4.20. The normalized spacial score (nSPS) is 28.1. The van der Waals surface area contributed by atoms with Gasteiger partial charge in [0.2, 0.25) is 0 Å². The molecule has 2 atom stereocenters. The van der Waals surface area contributed by atoms with Crippen LogP contribution in [0.5, 0.6) is 0 Å². The van der Waals surface area contributed by atoms with Crippen LogP contribution in [0.1, 0.15) is 18.1 Å². The highest BCUT2D eigenvalue weighted by Crippen LogP contribution is 2.35. The highest BCUT2D eigenvalue weighted by atomic mass is 16.8. The van der Waals surface area contributed by atoms with E-state index in [1.165, 1.54) is 7.11 Å². The molecule has 0 aromatic heterocycles. The Morgan fingerprint density at radius 3 is 2.82 bits per heavy atom. The summed E-state index contributed by atoms with van der Waals surface area (Å²) >= 11 is 0. The zero-order chi connectivity index (χ0) is 12.5. The quantitative estimate of drug-likeness (QED) is 0.734. The molecule has 17 heavy (non-hydrogen) atoms. The topological polar surface area (TPSA) is 44.8 Å². The molecule has 0 amide bonds. The van der Waals surface area contributed by atoms with Crippen LogP contribution in [0.3, 0.4) is 0 Å². The van der Waals surface area contributed by atoms with E-state index in [1.54, 1.807) is 0 Å². The fraction of sp³-hybridized carbons (Fsp3) is 0.462. The predicted molar refractivity (Wildman–Crippen MR) is 61.4 cm³/mol. The monoisotopic (exact) mass is 236 g/mol. The van der Waals surface area contributed by atoms with Crippen LogP contribution in [-0.2, 0) is 24.8 Å². The minimum Gasteiger partial charge on any atom is -0.467 e. The molecule has 1 saturated heterocycles. The molecule has 4 nitrogen and oxygen atoms in total. The largest absolute Gasteiger partial charge is 0.467 e. The van der Waals surface area contributed by atoms with Gasteiger partial charge in [-0.2, -0.15) is 0 Å². The molecule has 92 valence electrons. The van der Waals surface area contributed by atoms with Crippen molar-refractivity contribution in [1.29, 1.82) is 0 Å². The van der Waals surface area contributed by atoms with Crippen molar-refractivity contribution in [3.05, 3.63) is 35.4 Å². The third-order valence-electron chi connectivity index (χ3n) is 2.98. The molecule has 0 spiro atoms. The third-order valence-corrected chi connectivity index (χ3v) is 2.98. The molecule has 1 aromatic rings. The molecular formula is C13H16O4. The lowest BCUT2D eigenvalue weighted by Gasteiger charge is -2.25. The minimum absolute atomic E-state index is 0.220. The van der Waals surface area contributed by atoms with Crippen molar-refractivity contribution in [1.82, 2.24) is 0 Å². The van der Waals surface area contributed by atoms with Gasteiger partial charge >= 0.3 is 5.97 Å². The fourth-order valence-corrected chi connectivity index (χ4v) is 2.05. The summed E-state index contributed by atoms with van der Waals surface area (Å²) in [6.45, 7) is 4.02. The number of esters is 1. The maximum Gasteiger partial charge on any atom is 0.337 e. The summed E-state index contributed by atoms with van der Waals surface area (Å²) < 4.78 is 15.9. The number of hydrogen-bond donors (Lipinski definition) is 0. The van der Waals surface area contributed by atoms with Gasteiger partial charge in [0.25, 0.3) is 0 Å². The number of ether oxygens (including phenoxy) is 3. The summed E-state index contributed by atoms with van der Waals surface area (Å²) in [5.41, 5.74) is 2.01. The molecule has 1 aromatic carbocycles. The van der Waals surface area contributed by atoms with Gasteiger partial charge in [0.05, 0.1) is 13.7 Å². The van der Waals surface area contributed by atoms with Gasteiger partial charge in [-0.05, 0) is 19.4 Å². The first-order valence-electron chi connectivity index (χ1n) is 5.52. The number of methoxy groups -OCH3 is 1. The number of hydrogen-bond acceptors (Lipinski definition) is 4. The van der Waals surface area contributed by atoms with E-state index in [4.69, 9.17) is 9.47 Å². The molecule has 0 unspecified atom stereocenters. The maximum atomic E-state index is 11.4. The van der Waals surface area contributed by atoms with Gasteiger partial charge in [-0.15, -0.1) is 0 Å².